The molecule has 1 aromatic heterocycles. The third-order valence-corrected chi connectivity index (χ3v) is 6.78. The zero-order chi connectivity index (χ0) is 20.7. The Morgan fingerprint density at radius 2 is 1.93 bits per heavy atom. The van der Waals surface area contributed by atoms with Gasteiger partial charge in [-0.2, -0.15) is 11.8 Å². The Hall–Kier alpha value is -1.06. The van der Waals surface area contributed by atoms with Gasteiger partial charge in [-0.05, 0) is 36.4 Å². The van der Waals surface area contributed by atoms with Gasteiger partial charge in [0.25, 0.3) is 0 Å². The van der Waals surface area contributed by atoms with E-state index in [1.165, 1.54) is 12.1 Å². The van der Waals surface area contributed by atoms with E-state index in [9.17, 15) is 13.2 Å². The van der Waals surface area contributed by atoms with E-state index in [0.717, 1.165) is 34.2 Å². The third kappa shape index (κ3) is 7.08. The van der Waals surface area contributed by atoms with E-state index in [-0.39, 0.29) is 20.8 Å². The number of hydrogen-bond acceptors (Lipinski definition) is 5. The highest BCUT2D eigenvalue weighted by Gasteiger charge is 2.24. The molecule has 1 aromatic carbocycles. The average Bonchev–Trinajstić information content (AvgIpc) is 3.12. The van der Waals surface area contributed by atoms with Crippen molar-refractivity contribution in [3.8, 4) is 0 Å². The van der Waals surface area contributed by atoms with Crippen LogP contribution in [0.25, 0.3) is 0 Å². The molecule has 0 fully saturated rings. The van der Waals surface area contributed by atoms with Crippen LogP contribution in [0.1, 0.15) is 12.2 Å². The Balaban J connectivity index is 1.87. The molecule has 0 aliphatic rings. The molecule has 2 rings (SSSR count). The second-order valence-corrected chi connectivity index (χ2v) is 10.1. The minimum Gasteiger partial charge on any atom is -0.468 e. The van der Waals surface area contributed by atoms with Crippen LogP contribution in [0, 0.1) is 0 Å². The van der Waals surface area contributed by atoms with Crippen LogP contribution in [0.2, 0.25) is 15.1 Å². The molecule has 1 N–H and O–H groups in total. The van der Waals surface area contributed by atoms with Crippen LogP contribution in [-0.4, -0.2) is 39.4 Å². The molecular weight excluding hydrogens is 467 g/mol. The Kier molecular flexibility index (Phi) is 8.82. The number of carbonyl (C=O) groups is 1. The van der Waals surface area contributed by atoms with Crippen LogP contribution < -0.4 is 9.62 Å². The lowest BCUT2D eigenvalue weighted by Crippen LogP contribution is -2.40. The van der Waals surface area contributed by atoms with Crippen LogP contribution in [-0.2, 0) is 20.6 Å². The molecule has 0 aliphatic carbocycles. The van der Waals surface area contributed by atoms with Crippen molar-refractivity contribution in [2.45, 2.75) is 12.2 Å². The summed E-state index contributed by atoms with van der Waals surface area (Å²) in [7, 11) is -3.76. The van der Waals surface area contributed by atoms with Crippen molar-refractivity contribution in [1.82, 2.24) is 5.32 Å². The fourth-order valence-electron chi connectivity index (χ4n) is 2.24. The number of sulfonamides is 1. The van der Waals surface area contributed by atoms with Gasteiger partial charge in [0.05, 0.1) is 39.0 Å². The summed E-state index contributed by atoms with van der Waals surface area (Å²) in [6.07, 6.45) is 3.36. The Bertz CT molecular complexity index is 905. The van der Waals surface area contributed by atoms with Gasteiger partial charge in [0.1, 0.15) is 12.3 Å². The van der Waals surface area contributed by atoms with Gasteiger partial charge in [-0.3, -0.25) is 9.10 Å². The second-order valence-electron chi connectivity index (χ2n) is 5.82. The smallest absolute Gasteiger partial charge is 0.240 e. The molecule has 0 saturated carbocycles. The molecule has 6 nitrogen and oxygen atoms in total. The Labute approximate surface area is 183 Å². The zero-order valence-corrected chi connectivity index (χ0v) is 18.9. The van der Waals surface area contributed by atoms with Crippen LogP contribution in [0.5, 0.6) is 0 Å². The van der Waals surface area contributed by atoms with E-state index in [0.29, 0.717) is 6.54 Å². The van der Waals surface area contributed by atoms with E-state index >= 15 is 0 Å². The number of furan rings is 1. The lowest BCUT2D eigenvalue weighted by molar-refractivity contribution is -0.119. The van der Waals surface area contributed by atoms with Crippen LogP contribution in [0.3, 0.4) is 0 Å². The quantitative estimate of drug-likeness (QED) is 0.397. The summed E-state index contributed by atoms with van der Waals surface area (Å²) in [6.45, 7) is 0.0206. The molecule has 0 spiro atoms. The van der Waals surface area contributed by atoms with Crippen molar-refractivity contribution in [2.75, 3.05) is 29.4 Å². The predicted molar refractivity (Wildman–Crippen MR) is 116 cm³/mol. The number of amides is 1. The molecule has 2 aromatic rings. The molecule has 0 unspecified atom stereocenters. The van der Waals surface area contributed by atoms with Crippen LogP contribution in [0.15, 0.2) is 34.9 Å². The van der Waals surface area contributed by atoms with Crippen molar-refractivity contribution in [3.63, 3.8) is 0 Å². The first-order valence-corrected chi connectivity index (χ1v) is 12.3. The largest absolute Gasteiger partial charge is 0.468 e. The normalized spacial score (nSPS) is 11.4. The number of halogens is 3. The van der Waals surface area contributed by atoms with Crippen molar-refractivity contribution in [3.05, 3.63) is 51.4 Å². The van der Waals surface area contributed by atoms with E-state index in [1.807, 2.05) is 12.1 Å². The third-order valence-electron chi connectivity index (χ3n) is 3.56. The lowest BCUT2D eigenvalue weighted by atomic mass is 10.3. The summed E-state index contributed by atoms with van der Waals surface area (Å²) < 4.78 is 30.4. The predicted octanol–water partition coefficient (Wildman–Crippen LogP) is 4.45. The van der Waals surface area contributed by atoms with Crippen LogP contribution >= 0.6 is 46.6 Å². The van der Waals surface area contributed by atoms with E-state index in [1.54, 1.807) is 18.0 Å². The highest BCUT2D eigenvalue weighted by molar-refractivity contribution is 7.98. The van der Waals surface area contributed by atoms with E-state index in [4.69, 9.17) is 39.2 Å². The maximum Gasteiger partial charge on any atom is 0.240 e. The molecule has 0 aliphatic heterocycles. The first-order valence-electron chi connectivity index (χ1n) is 8.17. The summed E-state index contributed by atoms with van der Waals surface area (Å²) >= 11 is 19.6. The highest BCUT2D eigenvalue weighted by atomic mass is 35.5. The maximum atomic E-state index is 12.2. The van der Waals surface area contributed by atoms with Crippen molar-refractivity contribution >= 4 is 68.2 Å². The fourth-order valence-corrected chi connectivity index (χ4v) is 4.65. The van der Waals surface area contributed by atoms with Gasteiger partial charge >= 0.3 is 0 Å². The second kappa shape index (κ2) is 10.6. The molecule has 0 bridgehead atoms. The molecule has 0 atom stereocenters. The van der Waals surface area contributed by atoms with E-state index < -0.39 is 22.5 Å². The SMILES string of the molecule is CS(=O)(=O)N(CC(=O)NCCCSCc1ccco1)c1cc(Cl)c(Cl)cc1Cl. The molecule has 154 valence electrons. The minimum absolute atomic E-state index is 0.0851. The summed E-state index contributed by atoms with van der Waals surface area (Å²) in [5, 5.41) is 3.13. The number of nitrogens with zero attached hydrogens (tertiary/aromatic N) is 1. The van der Waals surface area contributed by atoms with Crippen molar-refractivity contribution < 1.29 is 17.6 Å². The monoisotopic (exact) mass is 484 g/mol. The standard InChI is InChI=1S/C17H19Cl3N2O4S2/c1-28(24,25)22(16-9-14(19)13(18)8-15(16)20)10-17(23)21-5-3-7-27-11-12-4-2-6-26-12/h2,4,6,8-9H,3,5,7,10-11H2,1H3,(H,21,23). The fraction of sp³-hybridized carbons (Fsp3) is 0.353. The summed E-state index contributed by atoms with van der Waals surface area (Å²) in [5.41, 5.74) is 0.0997. The maximum absolute atomic E-state index is 12.2. The summed E-state index contributed by atoms with van der Waals surface area (Å²) in [6, 6.07) is 6.41. The molecule has 28 heavy (non-hydrogen) atoms. The Morgan fingerprint density at radius 3 is 2.57 bits per heavy atom. The summed E-state index contributed by atoms with van der Waals surface area (Å²) in [5.74, 6) is 2.05. The summed E-state index contributed by atoms with van der Waals surface area (Å²) in [4.78, 5) is 12.2. The van der Waals surface area contributed by atoms with E-state index in [2.05, 4.69) is 5.32 Å². The van der Waals surface area contributed by atoms with Gasteiger partial charge < -0.3 is 9.73 Å². The first kappa shape index (κ1) is 23.2. The molecule has 0 radical (unpaired) electrons. The van der Waals surface area contributed by atoms with Gasteiger partial charge in [-0.15, -0.1) is 0 Å². The Morgan fingerprint density at radius 1 is 1.21 bits per heavy atom. The molecule has 11 heteroatoms. The molecule has 0 saturated heterocycles. The molecular formula is C17H19Cl3N2O4S2. The topological polar surface area (TPSA) is 79.6 Å². The van der Waals surface area contributed by atoms with Crippen molar-refractivity contribution in [1.29, 1.82) is 0 Å². The average molecular weight is 486 g/mol. The highest BCUT2D eigenvalue weighted by Crippen LogP contribution is 2.35. The van der Waals surface area contributed by atoms with Crippen molar-refractivity contribution in [2.24, 2.45) is 0 Å². The number of thioether (sulfide) groups is 1. The van der Waals surface area contributed by atoms with Crippen LogP contribution in [0.4, 0.5) is 5.69 Å². The van der Waals surface area contributed by atoms with Gasteiger partial charge in [0.15, 0.2) is 0 Å². The number of benzene rings is 1. The number of rotatable bonds is 10. The number of carbonyl (C=O) groups excluding carboxylic acids is 1. The molecule has 1 heterocycles. The van der Waals surface area contributed by atoms with Gasteiger partial charge in [0.2, 0.25) is 15.9 Å². The van der Waals surface area contributed by atoms with Gasteiger partial charge in [0, 0.05) is 6.54 Å². The zero-order valence-electron chi connectivity index (χ0n) is 15.0. The number of hydrogen-bond donors (Lipinski definition) is 1. The van der Waals surface area contributed by atoms with Gasteiger partial charge in [-0.25, -0.2) is 8.42 Å². The lowest BCUT2D eigenvalue weighted by Gasteiger charge is -2.23. The first-order chi connectivity index (χ1) is 13.2. The molecule has 1 amide bonds. The van der Waals surface area contributed by atoms with Gasteiger partial charge in [-0.1, -0.05) is 34.8 Å². The number of anilines is 1. The minimum atomic E-state index is -3.76. The number of nitrogens with one attached hydrogen (secondary N) is 1.